The zero-order valence-electron chi connectivity index (χ0n) is 47.8. The van der Waals surface area contributed by atoms with E-state index >= 15 is 0 Å². The summed E-state index contributed by atoms with van der Waals surface area (Å²) in [6.45, 7) is 18.3. The van der Waals surface area contributed by atoms with Gasteiger partial charge in [0.25, 0.3) is 0 Å². The first-order chi connectivity index (χ1) is 38.0. The van der Waals surface area contributed by atoms with Crippen molar-refractivity contribution in [1.29, 1.82) is 0 Å². The Morgan fingerprint density at radius 2 is 0.646 bits per heavy atom. The van der Waals surface area contributed by atoms with Gasteiger partial charge in [0.15, 0.2) is 0 Å². The topological polar surface area (TPSA) is 9.72 Å². The number of hydrogen-bond acceptors (Lipinski definition) is 3. The van der Waals surface area contributed by atoms with E-state index in [4.69, 9.17) is 0 Å². The fourth-order valence-electron chi connectivity index (χ4n) is 13.2. The second kappa shape index (κ2) is 19.7. The van der Waals surface area contributed by atoms with Gasteiger partial charge in [-0.3, -0.25) is 0 Å². The zero-order chi connectivity index (χ0) is 55.0. The maximum Gasteiger partial charge on any atom is 0.0487 e. The molecule has 390 valence electrons. The van der Waals surface area contributed by atoms with Gasteiger partial charge in [-0.25, -0.2) is 0 Å². The van der Waals surface area contributed by atoms with Crippen LogP contribution in [0, 0.1) is 13.8 Å². The minimum atomic E-state index is 0.0293. The molecule has 0 saturated carbocycles. The van der Waals surface area contributed by atoms with E-state index in [0.29, 0.717) is 0 Å². The van der Waals surface area contributed by atoms with E-state index in [1.807, 2.05) is 0 Å². The average Bonchev–Trinajstić information content (AvgIpc) is 4.08. The molecule has 11 aromatic rings. The largest absolute Gasteiger partial charge is 0.345 e. The van der Waals surface area contributed by atoms with E-state index in [2.05, 4.69) is 322 Å². The molecule has 0 aromatic heterocycles. The molecule has 0 spiro atoms. The number of rotatable bonds is 6. The quantitative estimate of drug-likeness (QED) is 0.164. The monoisotopic (exact) mass is 1030 g/mol. The number of anilines is 6. The van der Waals surface area contributed by atoms with Gasteiger partial charge in [-0.2, -0.15) is 0 Å². The lowest BCUT2D eigenvalue weighted by Crippen LogP contribution is -2.16. The fourth-order valence-corrected chi connectivity index (χ4v) is 13.2. The van der Waals surface area contributed by atoms with Crippen LogP contribution in [0.15, 0.2) is 231 Å². The van der Waals surface area contributed by atoms with E-state index in [1.165, 1.54) is 134 Å². The molecule has 3 heteroatoms. The van der Waals surface area contributed by atoms with Crippen molar-refractivity contribution in [2.24, 2.45) is 0 Å². The lowest BCUT2D eigenvalue weighted by molar-refractivity contribution is 0.660. The van der Waals surface area contributed by atoms with Crippen molar-refractivity contribution < 1.29 is 0 Å². The third-order valence-electron chi connectivity index (χ3n) is 17.8. The van der Waals surface area contributed by atoms with Gasteiger partial charge in [0.1, 0.15) is 0 Å². The second-order valence-electron chi connectivity index (χ2n) is 23.7. The summed E-state index contributed by atoms with van der Waals surface area (Å²) in [6.07, 6.45) is 0. The summed E-state index contributed by atoms with van der Waals surface area (Å²) in [7, 11) is 6.48. The highest BCUT2D eigenvalue weighted by Crippen LogP contribution is 2.53. The van der Waals surface area contributed by atoms with Crippen LogP contribution in [0.1, 0.15) is 86.1 Å². The molecule has 0 heterocycles. The van der Waals surface area contributed by atoms with Crippen LogP contribution in [0.2, 0.25) is 0 Å². The fraction of sp³-hybridized carbons (Fsp3) is 0.184. The van der Waals surface area contributed by atoms with Gasteiger partial charge in [0.2, 0.25) is 0 Å². The molecule has 0 N–H and O–H groups in total. The van der Waals surface area contributed by atoms with Crippen molar-refractivity contribution in [3.63, 3.8) is 0 Å². The molecular formula is C76H71N3. The molecule has 0 fully saturated rings. The number of aryl methyl sites for hydroxylation is 2. The van der Waals surface area contributed by atoms with E-state index in [1.54, 1.807) is 0 Å². The Bertz CT molecular complexity index is 4140. The average molecular weight is 1030 g/mol. The highest BCUT2D eigenvalue weighted by Gasteiger charge is 2.38. The molecule has 0 radical (unpaired) electrons. The molecule has 0 bridgehead atoms. The van der Waals surface area contributed by atoms with Gasteiger partial charge in [-0.1, -0.05) is 217 Å². The Hall–Kier alpha value is -8.66. The minimum absolute atomic E-state index is 0.0293. The van der Waals surface area contributed by atoms with Crippen LogP contribution in [0.4, 0.5) is 34.1 Å². The summed E-state index contributed by atoms with van der Waals surface area (Å²) in [4.78, 5) is 6.89. The summed E-state index contributed by atoms with van der Waals surface area (Å²) in [6, 6.07) is 84.1. The standard InChI is InChI=1S/2C26H23N.C24H25N/c1-26(2)23-13-7-6-12-21(23)22-16-15-19(17-24(22)26)27(3)25-14-8-10-18-9-4-5-11-20(18)25;1-26(2)24-11-7-6-10-22(24)23-15-14-21(17-25(23)26)27(3)20-13-12-18-8-4-5-9-19(18)16-20;1-16-10-13-23(17(2)14-16)25(5)18-11-12-20-19-8-6-7-9-21(19)24(3,4)22(20)15-18/h2*4-17H,1-3H3;6-15H,1-5H3. The SMILES string of the molecule is CN(c1ccc2c(c1)C(C)(C)c1ccccc1-2)c1ccc2ccccc2c1.CN(c1ccc2c(c1)C(C)(C)c1ccccc1-2)c1cccc2ccccc12.Cc1ccc(N(C)c2ccc3c(c2)C(C)(C)c2ccccc2-3)c(C)c1. The lowest BCUT2D eigenvalue weighted by atomic mass is 9.82. The first-order valence-corrected chi connectivity index (χ1v) is 28.0. The van der Waals surface area contributed by atoms with Crippen LogP contribution in [-0.2, 0) is 16.2 Å². The molecule has 3 aliphatic rings. The van der Waals surface area contributed by atoms with E-state index < -0.39 is 0 Å². The molecule has 14 rings (SSSR count). The number of benzene rings is 11. The van der Waals surface area contributed by atoms with Crippen LogP contribution in [0.3, 0.4) is 0 Å². The van der Waals surface area contributed by atoms with E-state index in [-0.39, 0.29) is 16.2 Å². The maximum absolute atomic E-state index is 2.37. The highest BCUT2D eigenvalue weighted by atomic mass is 15.1. The van der Waals surface area contributed by atoms with Gasteiger partial charge < -0.3 is 14.7 Å². The van der Waals surface area contributed by atoms with Crippen molar-refractivity contribution in [3.05, 3.63) is 275 Å². The summed E-state index contributed by atoms with van der Waals surface area (Å²) in [5.74, 6) is 0. The van der Waals surface area contributed by atoms with E-state index in [0.717, 1.165) is 0 Å². The summed E-state index contributed by atoms with van der Waals surface area (Å²) < 4.78 is 0. The van der Waals surface area contributed by atoms with Crippen molar-refractivity contribution in [1.82, 2.24) is 0 Å². The van der Waals surface area contributed by atoms with E-state index in [9.17, 15) is 0 Å². The molecule has 79 heavy (non-hydrogen) atoms. The van der Waals surface area contributed by atoms with Gasteiger partial charge in [0.05, 0.1) is 0 Å². The Labute approximate surface area is 469 Å². The van der Waals surface area contributed by atoms with Crippen molar-refractivity contribution in [3.8, 4) is 33.4 Å². The van der Waals surface area contributed by atoms with Gasteiger partial charge in [0, 0.05) is 76.9 Å². The smallest absolute Gasteiger partial charge is 0.0487 e. The number of fused-ring (bicyclic) bond motifs is 11. The molecular weight excluding hydrogens is 955 g/mol. The zero-order valence-corrected chi connectivity index (χ0v) is 47.8. The molecule has 0 aliphatic heterocycles. The number of nitrogens with zero attached hydrogens (tertiary/aromatic N) is 3. The third kappa shape index (κ3) is 8.77. The van der Waals surface area contributed by atoms with Crippen LogP contribution in [-0.4, -0.2) is 21.1 Å². The Kier molecular flexibility index (Phi) is 12.7. The van der Waals surface area contributed by atoms with Crippen molar-refractivity contribution in [2.45, 2.75) is 71.6 Å². The van der Waals surface area contributed by atoms with Crippen LogP contribution in [0.25, 0.3) is 54.9 Å². The summed E-state index contributed by atoms with van der Waals surface area (Å²) in [5.41, 5.74) is 26.9. The van der Waals surface area contributed by atoms with Crippen LogP contribution >= 0.6 is 0 Å². The van der Waals surface area contributed by atoms with Crippen molar-refractivity contribution >= 4 is 55.7 Å². The molecule has 3 nitrogen and oxygen atoms in total. The lowest BCUT2D eigenvalue weighted by Gasteiger charge is -2.26. The van der Waals surface area contributed by atoms with Gasteiger partial charge in [-0.05, 0) is 163 Å². The van der Waals surface area contributed by atoms with Crippen LogP contribution < -0.4 is 14.7 Å². The van der Waals surface area contributed by atoms with Crippen molar-refractivity contribution in [2.75, 3.05) is 35.8 Å². The first-order valence-electron chi connectivity index (χ1n) is 28.0. The molecule has 0 amide bonds. The third-order valence-corrected chi connectivity index (χ3v) is 17.8. The Morgan fingerprint density at radius 1 is 0.266 bits per heavy atom. The predicted molar refractivity (Wildman–Crippen MR) is 340 cm³/mol. The second-order valence-corrected chi connectivity index (χ2v) is 23.7. The molecule has 0 unspecified atom stereocenters. The summed E-state index contributed by atoms with van der Waals surface area (Å²) in [5, 5.41) is 5.11. The maximum atomic E-state index is 2.37. The first kappa shape index (κ1) is 51.1. The Balaban J connectivity index is 0.000000118. The molecule has 3 aliphatic carbocycles. The normalized spacial score (nSPS) is 14.1. The minimum Gasteiger partial charge on any atom is -0.345 e. The molecule has 0 saturated heterocycles. The summed E-state index contributed by atoms with van der Waals surface area (Å²) >= 11 is 0. The molecule has 0 atom stereocenters. The molecule has 11 aromatic carbocycles. The highest BCUT2D eigenvalue weighted by molar-refractivity contribution is 5.97. The Morgan fingerprint density at radius 3 is 1.15 bits per heavy atom. The van der Waals surface area contributed by atoms with Crippen LogP contribution in [0.5, 0.6) is 0 Å². The number of hydrogen-bond donors (Lipinski definition) is 0. The predicted octanol–water partition coefficient (Wildman–Crippen LogP) is 20.2. The van der Waals surface area contributed by atoms with Gasteiger partial charge >= 0.3 is 0 Å². The van der Waals surface area contributed by atoms with Gasteiger partial charge in [-0.15, -0.1) is 0 Å².